The summed E-state index contributed by atoms with van der Waals surface area (Å²) in [5.74, 6) is -1.44. The number of carbonyl (C=O) groups is 1. The number of carboxylic acid groups (broad SMARTS) is 1. The summed E-state index contributed by atoms with van der Waals surface area (Å²) in [6, 6.07) is 0. The van der Waals surface area contributed by atoms with Crippen LogP contribution in [0.1, 0.15) is 46.5 Å². The van der Waals surface area contributed by atoms with Crippen molar-refractivity contribution in [2.75, 3.05) is 14.2 Å². The maximum atomic E-state index is 11.8. The zero-order valence-corrected chi connectivity index (χ0v) is 14.5. The second kappa shape index (κ2) is 9.59. The van der Waals surface area contributed by atoms with Crippen LogP contribution >= 0.6 is 0 Å². The van der Waals surface area contributed by atoms with Crippen LogP contribution in [0.25, 0.3) is 0 Å². The van der Waals surface area contributed by atoms with E-state index in [-0.39, 0.29) is 0 Å². The van der Waals surface area contributed by atoms with E-state index < -0.39 is 17.2 Å². The third kappa shape index (κ3) is 4.31. The lowest BCUT2D eigenvalue weighted by Crippen LogP contribution is -2.45. The van der Waals surface area contributed by atoms with Crippen molar-refractivity contribution in [3.05, 3.63) is 36.5 Å². The molecule has 0 saturated heterocycles. The van der Waals surface area contributed by atoms with Crippen molar-refractivity contribution in [1.29, 1.82) is 0 Å². The molecule has 4 nitrogen and oxygen atoms in total. The highest BCUT2D eigenvalue weighted by molar-refractivity contribution is 5.80. The molecule has 1 saturated carbocycles. The zero-order valence-electron chi connectivity index (χ0n) is 14.5. The fourth-order valence-corrected chi connectivity index (χ4v) is 2.88. The van der Waals surface area contributed by atoms with E-state index in [1.165, 1.54) is 0 Å². The normalized spacial score (nSPS) is 20.1. The van der Waals surface area contributed by atoms with Gasteiger partial charge in [-0.3, -0.25) is 4.79 Å². The molecule has 0 aromatic carbocycles. The average molecular weight is 310 g/mol. The third-order valence-corrected chi connectivity index (χ3v) is 4.29. The minimum absolute atomic E-state index is 0.491. The van der Waals surface area contributed by atoms with Crippen molar-refractivity contribution in [3.63, 3.8) is 0 Å². The van der Waals surface area contributed by atoms with Crippen LogP contribution in [0, 0.1) is 5.41 Å². The number of aliphatic carboxylic acids is 1. The topological polar surface area (TPSA) is 55.8 Å². The Morgan fingerprint density at radius 1 is 1.14 bits per heavy atom. The third-order valence-electron chi connectivity index (χ3n) is 4.29. The molecule has 0 unspecified atom stereocenters. The number of hydrogen-bond donors (Lipinski definition) is 1. The first-order chi connectivity index (χ1) is 10.5. The minimum Gasteiger partial charge on any atom is -0.481 e. The second-order valence-electron chi connectivity index (χ2n) is 5.05. The summed E-state index contributed by atoms with van der Waals surface area (Å²) in [7, 11) is 3.21. The Bertz CT molecular complexity index is 407. The van der Waals surface area contributed by atoms with Crippen LogP contribution in [0.2, 0.25) is 0 Å². The van der Waals surface area contributed by atoms with Gasteiger partial charge in [-0.25, -0.2) is 0 Å². The van der Waals surface area contributed by atoms with Crippen molar-refractivity contribution in [2.24, 2.45) is 5.41 Å². The van der Waals surface area contributed by atoms with Gasteiger partial charge in [0, 0.05) is 27.1 Å². The molecule has 0 spiro atoms. The predicted molar refractivity (Wildman–Crippen MR) is 89.7 cm³/mol. The van der Waals surface area contributed by atoms with Gasteiger partial charge in [-0.1, -0.05) is 44.7 Å². The van der Waals surface area contributed by atoms with Gasteiger partial charge in [0.05, 0.1) is 5.41 Å². The highest BCUT2D eigenvalue weighted by Crippen LogP contribution is 2.47. The number of methoxy groups -OCH3 is 2. The molecule has 1 N–H and O–H groups in total. The molecule has 0 bridgehead atoms. The van der Waals surface area contributed by atoms with E-state index in [1.54, 1.807) is 26.4 Å². The lowest BCUT2D eigenvalue weighted by Gasteiger charge is -2.43. The van der Waals surface area contributed by atoms with Gasteiger partial charge in [-0.15, -0.1) is 0 Å². The largest absolute Gasteiger partial charge is 0.481 e. The summed E-state index contributed by atoms with van der Waals surface area (Å²) >= 11 is 0. The maximum absolute atomic E-state index is 11.8. The molecule has 1 fully saturated rings. The van der Waals surface area contributed by atoms with Crippen molar-refractivity contribution in [3.8, 4) is 0 Å². The number of hydrogen-bond acceptors (Lipinski definition) is 3. The molecule has 0 aromatic heterocycles. The molecule has 1 aliphatic rings. The quantitative estimate of drug-likeness (QED) is 0.586. The lowest BCUT2D eigenvalue weighted by molar-refractivity contribution is -0.233. The van der Waals surface area contributed by atoms with Crippen LogP contribution < -0.4 is 0 Å². The van der Waals surface area contributed by atoms with Crippen molar-refractivity contribution < 1.29 is 19.4 Å². The second-order valence-corrected chi connectivity index (χ2v) is 5.05. The minimum atomic E-state index is -0.866. The first-order valence-electron chi connectivity index (χ1n) is 7.80. The zero-order chi connectivity index (χ0) is 17.2. The molecule has 0 radical (unpaired) electrons. The van der Waals surface area contributed by atoms with E-state index >= 15 is 0 Å². The Labute approximate surface area is 134 Å². The predicted octanol–water partition coefficient (Wildman–Crippen LogP) is 4.34. The molecule has 126 valence electrons. The van der Waals surface area contributed by atoms with E-state index in [0.717, 1.165) is 5.57 Å². The van der Waals surface area contributed by atoms with E-state index in [2.05, 4.69) is 6.58 Å². The SMILES string of the molecule is C=C/C=C\C(=C/C)C1(C(=O)O)CCC(OC)(OC)CC1.CC. The van der Waals surface area contributed by atoms with Gasteiger partial charge >= 0.3 is 5.97 Å². The van der Waals surface area contributed by atoms with Gasteiger partial charge in [0.25, 0.3) is 0 Å². The van der Waals surface area contributed by atoms with Crippen molar-refractivity contribution >= 4 is 5.97 Å². The fourth-order valence-electron chi connectivity index (χ4n) is 2.88. The van der Waals surface area contributed by atoms with E-state index in [0.29, 0.717) is 25.7 Å². The van der Waals surface area contributed by atoms with Gasteiger partial charge in [0.1, 0.15) is 0 Å². The summed E-state index contributed by atoms with van der Waals surface area (Å²) in [5, 5.41) is 9.72. The molecular weight excluding hydrogens is 280 g/mol. The fraction of sp³-hybridized carbons (Fsp3) is 0.611. The summed E-state index contributed by atoms with van der Waals surface area (Å²) in [6.07, 6.45) is 9.22. The molecule has 0 aromatic rings. The molecule has 0 amide bonds. The first kappa shape index (κ1) is 20.6. The van der Waals surface area contributed by atoms with Crippen LogP contribution in [0.4, 0.5) is 0 Å². The average Bonchev–Trinajstić information content (AvgIpc) is 2.57. The smallest absolute Gasteiger partial charge is 0.314 e. The molecule has 4 heteroatoms. The number of carboxylic acids is 1. The Kier molecular flexibility index (Phi) is 8.99. The monoisotopic (exact) mass is 310 g/mol. The molecule has 0 atom stereocenters. The number of allylic oxidation sites excluding steroid dienone is 4. The summed E-state index contributed by atoms with van der Waals surface area (Å²) in [6.45, 7) is 9.49. The van der Waals surface area contributed by atoms with Crippen LogP contribution in [0.5, 0.6) is 0 Å². The molecule has 22 heavy (non-hydrogen) atoms. The Balaban J connectivity index is 0.00000211. The maximum Gasteiger partial charge on any atom is 0.314 e. The summed E-state index contributed by atoms with van der Waals surface area (Å²) in [5.41, 5.74) is -0.0554. The van der Waals surface area contributed by atoms with Crippen LogP contribution in [0.15, 0.2) is 36.5 Å². The molecular formula is C18H30O4. The van der Waals surface area contributed by atoms with Crippen LogP contribution in [-0.2, 0) is 14.3 Å². The summed E-state index contributed by atoms with van der Waals surface area (Å²) < 4.78 is 10.9. The van der Waals surface area contributed by atoms with Gasteiger partial charge in [0.15, 0.2) is 5.79 Å². The van der Waals surface area contributed by atoms with Crippen molar-refractivity contribution in [2.45, 2.75) is 52.2 Å². The van der Waals surface area contributed by atoms with Crippen molar-refractivity contribution in [1.82, 2.24) is 0 Å². The van der Waals surface area contributed by atoms with E-state index in [1.807, 2.05) is 32.9 Å². The van der Waals surface area contributed by atoms with Gasteiger partial charge in [-0.2, -0.15) is 0 Å². The lowest BCUT2D eigenvalue weighted by atomic mass is 9.67. The first-order valence-corrected chi connectivity index (χ1v) is 7.80. The highest BCUT2D eigenvalue weighted by Gasteiger charge is 2.49. The number of rotatable bonds is 6. The molecule has 1 aliphatic carbocycles. The molecule has 1 rings (SSSR count). The Hall–Kier alpha value is -1.39. The van der Waals surface area contributed by atoms with Gasteiger partial charge in [-0.05, 0) is 25.3 Å². The molecule has 0 aliphatic heterocycles. The standard InChI is InChI=1S/C16H24O4.C2H6/c1-5-7-8-13(6-2)15(14(17)18)9-11-16(19-3,20-4)12-10-15;1-2/h5-8H,1,9-12H2,2-4H3,(H,17,18);1-2H3/b8-7-,13-6+;. The molecule has 0 heterocycles. The number of ether oxygens (including phenoxy) is 2. The Morgan fingerprint density at radius 2 is 1.64 bits per heavy atom. The van der Waals surface area contributed by atoms with Gasteiger partial charge in [0.2, 0.25) is 0 Å². The summed E-state index contributed by atoms with van der Waals surface area (Å²) in [4.78, 5) is 11.8. The van der Waals surface area contributed by atoms with Crippen LogP contribution in [-0.4, -0.2) is 31.1 Å². The van der Waals surface area contributed by atoms with Gasteiger partial charge < -0.3 is 14.6 Å². The Morgan fingerprint density at radius 3 is 1.95 bits per heavy atom. The van der Waals surface area contributed by atoms with Crippen LogP contribution in [0.3, 0.4) is 0 Å². The highest BCUT2D eigenvalue weighted by atomic mass is 16.7. The van der Waals surface area contributed by atoms with E-state index in [9.17, 15) is 9.90 Å². The van der Waals surface area contributed by atoms with E-state index in [4.69, 9.17) is 9.47 Å².